The molecule has 0 radical (unpaired) electrons. The van der Waals surface area contributed by atoms with Gasteiger partial charge in [0.15, 0.2) is 0 Å². The summed E-state index contributed by atoms with van der Waals surface area (Å²) < 4.78 is 43.4. The van der Waals surface area contributed by atoms with Crippen LogP contribution in [0.2, 0.25) is 0 Å². The van der Waals surface area contributed by atoms with E-state index in [0.717, 1.165) is 16.9 Å². The summed E-state index contributed by atoms with van der Waals surface area (Å²) in [6, 6.07) is 15.7. The number of aromatic nitrogens is 2. The van der Waals surface area contributed by atoms with Crippen molar-refractivity contribution in [2.75, 3.05) is 26.9 Å². The molecule has 0 fully saturated rings. The molecule has 0 aliphatic carbocycles. The van der Waals surface area contributed by atoms with Crippen LogP contribution in [0.5, 0.6) is 17.4 Å². The smallest absolute Gasteiger partial charge is 0.240 e. The summed E-state index contributed by atoms with van der Waals surface area (Å²) in [5.74, 6) is 1.75. The van der Waals surface area contributed by atoms with Crippen LogP contribution in [0.1, 0.15) is 12.5 Å². The van der Waals surface area contributed by atoms with Crippen molar-refractivity contribution >= 4 is 10.0 Å². The molecule has 1 N–H and O–H groups in total. The van der Waals surface area contributed by atoms with Gasteiger partial charge >= 0.3 is 0 Å². The number of nitrogens with zero attached hydrogens (tertiary/aromatic N) is 2. The Morgan fingerprint density at radius 2 is 1.74 bits per heavy atom. The van der Waals surface area contributed by atoms with Crippen molar-refractivity contribution in [3.8, 4) is 28.6 Å². The van der Waals surface area contributed by atoms with E-state index in [0.29, 0.717) is 23.9 Å². The molecule has 0 amide bonds. The van der Waals surface area contributed by atoms with Crippen LogP contribution in [-0.4, -0.2) is 45.5 Å². The van der Waals surface area contributed by atoms with E-state index in [2.05, 4.69) is 14.9 Å². The van der Waals surface area contributed by atoms with Gasteiger partial charge < -0.3 is 14.2 Å². The number of nitrogens with one attached hydrogen (secondary N) is 1. The predicted octanol–water partition coefficient (Wildman–Crippen LogP) is 3.22. The van der Waals surface area contributed by atoms with E-state index in [9.17, 15) is 8.42 Å². The van der Waals surface area contributed by atoms with E-state index in [1.54, 1.807) is 38.3 Å². The lowest BCUT2D eigenvalue weighted by atomic mass is 10.1. The van der Waals surface area contributed by atoms with Crippen LogP contribution in [0.3, 0.4) is 0 Å². The Bertz CT molecular complexity index is 1100. The zero-order chi connectivity index (χ0) is 22.3. The van der Waals surface area contributed by atoms with E-state index < -0.39 is 10.0 Å². The van der Waals surface area contributed by atoms with Gasteiger partial charge in [0.05, 0.1) is 24.3 Å². The number of aryl methyl sites for hydroxylation is 1. The van der Waals surface area contributed by atoms with Gasteiger partial charge in [0.2, 0.25) is 15.9 Å². The highest BCUT2D eigenvalue weighted by molar-refractivity contribution is 7.89. The number of hydrogen-bond donors (Lipinski definition) is 1. The minimum absolute atomic E-state index is 0.0930. The molecule has 2 aromatic carbocycles. The molecule has 0 unspecified atom stereocenters. The Morgan fingerprint density at radius 3 is 2.35 bits per heavy atom. The van der Waals surface area contributed by atoms with Gasteiger partial charge in [-0.25, -0.2) is 13.1 Å². The summed E-state index contributed by atoms with van der Waals surface area (Å²) in [5, 5.41) is 8.20. The molecule has 0 bridgehead atoms. The summed E-state index contributed by atoms with van der Waals surface area (Å²) in [4.78, 5) is 0.172. The quantitative estimate of drug-likeness (QED) is 0.480. The van der Waals surface area contributed by atoms with Crippen molar-refractivity contribution in [2.45, 2.75) is 18.7 Å². The summed E-state index contributed by atoms with van der Waals surface area (Å²) >= 11 is 0. The maximum atomic E-state index is 12.4. The molecule has 0 saturated carbocycles. The van der Waals surface area contributed by atoms with Crippen molar-refractivity contribution in [3.63, 3.8) is 0 Å². The fourth-order valence-corrected chi connectivity index (χ4v) is 3.97. The summed E-state index contributed by atoms with van der Waals surface area (Å²) in [6.45, 7) is 4.54. The molecule has 3 aromatic rings. The molecule has 3 rings (SSSR count). The van der Waals surface area contributed by atoms with Crippen molar-refractivity contribution in [3.05, 3.63) is 60.2 Å². The minimum atomic E-state index is -3.64. The lowest BCUT2D eigenvalue weighted by Crippen LogP contribution is -2.28. The van der Waals surface area contributed by atoms with Crippen LogP contribution in [0, 0.1) is 6.92 Å². The molecule has 0 spiro atoms. The molecule has 31 heavy (non-hydrogen) atoms. The van der Waals surface area contributed by atoms with Crippen molar-refractivity contribution < 1.29 is 22.6 Å². The van der Waals surface area contributed by atoms with Gasteiger partial charge in [-0.05, 0) is 67.9 Å². The van der Waals surface area contributed by atoms with Crippen LogP contribution in [0.15, 0.2) is 59.5 Å². The van der Waals surface area contributed by atoms with Gasteiger partial charge in [-0.15, -0.1) is 10.2 Å². The molecular formula is C22H25N3O5S. The summed E-state index contributed by atoms with van der Waals surface area (Å²) in [5.41, 5.74) is 2.35. The first-order valence-electron chi connectivity index (χ1n) is 9.77. The zero-order valence-electron chi connectivity index (χ0n) is 17.7. The van der Waals surface area contributed by atoms with Gasteiger partial charge in [0.25, 0.3) is 0 Å². The standard InChI is InChI=1S/C22H25N3O5S/c1-4-29-18-7-5-17(6-8-18)20-10-12-22(25-24-20)30-14-13-23-31(26,27)19-9-11-21(28-3)16(2)15-19/h5-12,15,23H,4,13-14H2,1-3H3. The maximum Gasteiger partial charge on any atom is 0.240 e. The number of hydrogen-bond acceptors (Lipinski definition) is 7. The molecule has 1 aromatic heterocycles. The van der Waals surface area contributed by atoms with E-state index in [1.807, 2.05) is 31.2 Å². The van der Waals surface area contributed by atoms with Crippen molar-refractivity contribution in [1.29, 1.82) is 0 Å². The van der Waals surface area contributed by atoms with Crippen molar-refractivity contribution in [1.82, 2.24) is 14.9 Å². The number of ether oxygens (including phenoxy) is 3. The van der Waals surface area contributed by atoms with Gasteiger partial charge in [0, 0.05) is 18.2 Å². The van der Waals surface area contributed by atoms with E-state index >= 15 is 0 Å². The van der Waals surface area contributed by atoms with Crippen LogP contribution in [-0.2, 0) is 10.0 Å². The van der Waals surface area contributed by atoms with Crippen LogP contribution < -0.4 is 18.9 Å². The predicted molar refractivity (Wildman–Crippen MR) is 117 cm³/mol. The van der Waals surface area contributed by atoms with Gasteiger partial charge in [-0.3, -0.25) is 0 Å². The second-order valence-corrected chi connectivity index (χ2v) is 8.36. The number of sulfonamides is 1. The first kappa shape index (κ1) is 22.5. The molecule has 1 heterocycles. The normalized spacial score (nSPS) is 11.2. The third-order valence-electron chi connectivity index (χ3n) is 4.42. The zero-order valence-corrected chi connectivity index (χ0v) is 18.5. The van der Waals surface area contributed by atoms with E-state index in [-0.39, 0.29) is 18.0 Å². The third kappa shape index (κ3) is 5.93. The average molecular weight is 444 g/mol. The molecular weight excluding hydrogens is 418 g/mol. The Morgan fingerprint density at radius 1 is 0.968 bits per heavy atom. The van der Waals surface area contributed by atoms with Gasteiger partial charge in [0.1, 0.15) is 18.1 Å². The molecule has 0 aliphatic rings. The van der Waals surface area contributed by atoms with Gasteiger partial charge in [-0.1, -0.05) is 0 Å². The molecule has 0 saturated heterocycles. The second kappa shape index (κ2) is 10.2. The molecule has 9 heteroatoms. The number of rotatable bonds is 10. The minimum Gasteiger partial charge on any atom is -0.496 e. The highest BCUT2D eigenvalue weighted by Crippen LogP contribution is 2.22. The highest BCUT2D eigenvalue weighted by atomic mass is 32.2. The third-order valence-corrected chi connectivity index (χ3v) is 5.88. The Labute approximate surface area is 182 Å². The maximum absolute atomic E-state index is 12.4. The molecule has 164 valence electrons. The fraction of sp³-hybridized carbons (Fsp3) is 0.273. The lowest BCUT2D eigenvalue weighted by Gasteiger charge is -2.10. The number of benzene rings is 2. The average Bonchev–Trinajstić information content (AvgIpc) is 2.78. The first-order chi connectivity index (χ1) is 14.9. The summed E-state index contributed by atoms with van der Waals surface area (Å²) in [7, 11) is -2.10. The van der Waals surface area contributed by atoms with Crippen molar-refractivity contribution in [2.24, 2.45) is 0 Å². The van der Waals surface area contributed by atoms with Crippen LogP contribution in [0.25, 0.3) is 11.3 Å². The van der Waals surface area contributed by atoms with Gasteiger partial charge in [-0.2, -0.15) is 0 Å². The Kier molecular flexibility index (Phi) is 7.43. The fourth-order valence-electron chi connectivity index (χ4n) is 2.87. The molecule has 8 nitrogen and oxygen atoms in total. The second-order valence-electron chi connectivity index (χ2n) is 6.59. The lowest BCUT2D eigenvalue weighted by molar-refractivity contribution is 0.307. The summed E-state index contributed by atoms with van der Waals surface area (Å²) in [6.07, 6.45) is 0. The topological polar surface area (TPSA) is 99.6 Å². The Balaban J connectivity index is 1.52. The van der Waals surface area contributed by atoms with Crippen LogP contribution >= 0.6 is 0 Å². The highest BCUT2D eigenvalue weighted by Gasteiger charge is 2.15. The monoisotopic (exact) mass is 443 g/mol. The molecule has 0 aliphatic heterocycles. The van der Waals surface area contributed by atoms with E-state index in [4.69, 9.17) is 14.2 Å². The number of methoxy groups -OCH3 is 1. The Hall–Kier alpha value is -3.17. The first-order valence-corrected chi connectivity index (χ1v) is 11.3. The largest absolute Gasteiger partial charge is 0.496 e. The van der Waals surface area contributed by atoms with E-state index in [1.165, 1.54) is 6.07 Å². The molecule has 0 atom stereocenters. The SMILES string of the molecule is CCOc1ccc(-c2ccc(OCCNS(=O)(=O)c3ccc(OC)c(C)c3)nn2)cc1. The van der Waals surface area contributed by atoms with Crippen LogP contribution in [0.4, 0.5) is 0 Å².